The fourth-order valence-corrected chi connectivity index (χ4v) is 4.05. The van der Waals surface area contributed by atoms with Gasteiger partial charge < -0.3 is 19.9 Å². The first-order valence-corrected chi connectivity index (χ1v) is 9.98. The largest absolute Gasteiger partial charge is 0.370 e. The maximum absolute atomic E-state index is 6.05. The number of benzene rings is 1. The molecule has 2 aliphatic heterocycles. The highest BCUT2D eigenvalue weighted by Gasteiger charge is 2.25. The van der Waals surface area contributed by atoms with Gasteiger partial charge in [-0.25, -0.2) is 0 Å². The molecule has 2 saturated heterocycles. The van der Waals surface area contributed by atoms with E-state index in [2.05, 4.69) is 58.3 Å². The Balaban J connectivity index is 1.50. The molecule has 26 heavy (non-hydrogen) atoms. The average Bonchev–Trinajstić information content (AvgIpc) is 2.67. The van der Waals surface area contributed by atoms with Crippen molar-refractivity contribution in [3.8, 4) is 0 Å². The van der Waals surface area contributed by atoms with E-state index in [0.717, 1.165) is 38.1 Å². The lowest BCUT2D eigenvalue weighted by atomic mass is 9.94. The molecule has 1 unspecified atom stereocenters. The number of nitrogens with one attached hydrogen (secondary N) is 1. The molecule has 1 aromatic carbocycles. The van der Waals surface area contributed by atoms with Crippen LogP contribution in [0.1, 0.15) is 36.5 Å². The van der Waals surface area contributed by atoms with Crippen molar-refractivity contribution in [2.24, 2.45) is 10.9 Å². The molecule has 2 fully saturated rings. The SMILES string of the molecule is CN=C(NCCC1CCN(C)CC1)N1CCOC(c2ccccc2C)C1. The van der Waals surface area contributed by atoms with E-state index in [1.54, 1.807) is 0 Å². The van der Waals surface area contributed by atoms with Crippen LogP contribution >= 0.6 is 0 Å². The van der Waals surface area contributed by atoms with E-state index in [9.17, 15) is 0 Å². The summed E-state index contributed by atoms with van der Waals surface area (Å²) >= 11 is 0. The van der Waals surface area contributed by atoms with E-state index < -0.39 is 0 Å². The Morgan fingerprint density at radius 1 is 1.23 bits per heavy atom. The second-order valence-electron chi connectivity index (χ2n) is 7.67. The summed E-state index contributed by atoms with van der Waals surface area (Å²) in [4.78, 5) is 9.30. The van der Waals surface area contributed by atoms with Gasteiger partial charge in [0.2, 0.25) is 0 Å². The zero-order chi connectivity index (χ0) is 18.4. The van der Waals surface area contributed by atoms with Gasteiger partial charge in [-0.3, -0.25) is 4.99 Å². The van der Waals surface area contributed by atoms with Crippen LogP contribution in [-0.2, 0) is 4.74 Å². The molecule has 1 atom stereocenters. The van der Waals surface area contributed by atoms with Crippen molar-refractivity contribution in [1.29, 1.82) is 0 Å². The third-order valence-corrected chi connectivity index (χ3v) is 5.79. The fourth-order valence-electron chi connectivity index (χ4n) is 4.05. The molecular weight excluding hydrogens is 324 g/mol. The lowest BCUT2D eigenvalue weighted by Crippen LogP contribution is -2.48. The van der Waals surface area contributed by atoms with Crippen molar-refractivity contribution in [3.05, 3.63) is 35.4 Å². The van der Waals surface area contributed by atoms with Crippen molar-refractivity contribution in [2.75, 3.05) is 53.4 Å². The van der Waals surface area contributed by atoms with Crippen molar-refractivity contribution in [1.82, 2.24) is 15.1 Å². The summed E-state index contributed by atoms with van der Waals surface area (Å²) in [6, 6.07) is 8.52. The summed E-state index contributed by atoms with van der Waals surface area (Å²) < 4.78 is 6.05. The van der Waals surface area contributed by atoms with Gasteiger partial charge in [-0.05, 0) is 63.4 Å². The topological polar surface area (TPSA) is 40.1 Å². The van der Waals surface area contributed by atoms with E-state index in [0.29, 0.717) is 0 Å². The molecule has 2 heterocycles. The second-order valence-corrected chi connectivity index (χ2v) is 7.67. The van der Waals surface area contributed by atoms with Crippen LogP contribution in [0.15, 0.2) is 29.3 Å². The minimum atomic E-state index is 0.123. The van der Waals surface area contributed by atoms with Gasteiger partial charge in [0.05, 0.1) is 13.2 Å². The number of rotatable bonds is 4. The third-order valence-electron chi connectivity index (χ3n) is 5.79. The van der Waals surface area contributed by atoms with Crippen molar-refractivity contribution < 1.29 is 4.74 Å². The Morgan fingerprint density at radius 2 is 2.00 bits per heavy atom. The quantitative estimate of drug-likeness (QED) is 0.664. The summed E-state index contributed by atoms with van der Waals surface area (Å²) in [7, 11) is 4.11. The maximum Gasteiger partial charge on any atom is 0.193 e. The molecule has 0 spiro atoms. The highest BCUT2D eigenvalue weighted by molar-refractivity contribution is 5.80. The number of guanidine groups is 1. The Bertz CT molecular complexity index is 595. The molecule has 144 valence electrons. The number of piperidine rings is 1. The minimum Gasteiger partial charge on any atom is -0.370 e. The molecule has 0 amide bonds. The molecular formula is C21H34N4O. The Morgan fingerprint density at radius 3 is 2.73 bits per heavy atom. The number of aliphatic imine (C=N–C) groups is 1. The van der Waals surface area contributed by atoms with E-state index in [1.807, 2.05) is 7.05 Å². The summed E-state index contributed by atoms with van der Waals surface area (Å²) in [5.41, 5.74) is 2.59. The molecule has 5 heteroatoms. The summed E-state index contributed by atoms with van der Waals surface area (Å²) in [6.45, 7) is 8.14. The Labute approximate surface area is 158 Å². The monoisotopic (exact) mass is 358 g/mol. The molecule has 0 saturated carbocycles. The number of nitrogens with zero attached hydrogens (tertiary/aromatic N) is 3. The van der Waals surface area contributed by atoms with Gasteiger partial charge in [0, 0.05) is 20.1 Å². The van der Waals surface area contributed by atoms with E-state index in [4.69, 9.17) is 4.74 Å². The summed E-state index contributed by atoms with van der Waals surface area (Å²) in [5, 5.41) is 3.59. The fraction of sp³-hybridized carbons (Fsp3) is 0.667. The first-order chi connectivity index (χ1) is 12.7. The number of morpholine rings is 1. The van der Waals surface area contributed by atoms with Gasteiger partial charge in [0.15, 0.2) is 5.96 Å². The standard InChI is InChI=1S/C21H34N4O/c1-17-6-4-5-7-19(17)20-16-25(14-15-26-20)21(22-2)23-11-8-18-9-12-24(3)13-10-18/h4-7,18,20H,8-16H2,1-3H3,(H,22,23). The average molecular weight is 359 g/mol. The molecule has 1 N–H and O–H groups in total. The highest BCUT2D eigenvalue weighted by atomic mass is 16.5. The van der Waals surface area contributed by atoms with Gasteiger partial charge in [0.25, 0.3) is 0 Å². The van der Waals surface area contributed by atoms with Crippen molar-refractivity contribution >= 4 is 5.96 Å². The number of hydrogen-bond donors (Lipinski definition) is 1. The predicted octanol–water partition coefficient (Wildman–Crippen LogP) is 2.68. The first kappa shape index (κ1) is 19.2. The van der Waals surface area contributed by atoms with Crippen LogP contribution in [0.4, 0.5) is 0 Å². The molecule has 0 aliphatic carbocycles. The molecule has 0 bridgehead atoms. The normalized spacial score (nSPS) is 23.3. The zero-order valence-electron chi connectivity index (χ0n) is 16.6. The number of hydrogen-bond acceptors (Lipinski definition) is 3. The van der Waals surface area contributed by atoms with Crippen LogP contribution in [0.3, 0.4) is 0 Å². The summed E-state index contributed by atoms with van der Waals surface area (Å²) in [5.74, 6) is 1.86. The first-order valence-electron chi connectivity index (χ1n) is 9.98. The van der Waals surface area contributed by atoms with Gasteiger partial charge in [-0.15, -0.1) is 0 Å². The Hall–Kier alpha value is -1.59. The van der Waals surface area contributed by atoms with E-state index >= 15 is 0 Å². The van der Waals surface area contributed by atoms with Gasteiger partial charge in [0.1, 0.15) is 6.10 Å². The van der Waals surface area contributed by atoms with Gasteiger partial charge in [-0.2, -0.15) is 0 Å². The summed E-state index contributed by atoms with van der Waals surface area (Å²) in [6.07, 6.45) is 4.00. The van der Waals surface area contributed by atoms with Crippen LogP contribution in [0.2, 0.25) is 0 Å². The molecule has 1 aromatic rings. The van der Waals surface area contributed by atoms with Crippen LogP contribution in [0.25, 0.3) is 0 Å². The molecule has 0 radical (unpaired) electrons. The lowest BCUT2D eigenvalue weighted by Gasteiger charge is -2.36. The minimum absolute atomic E-state index is 0.123. The number of likely N-dealkylation sites (tertiary alicyclic amines) is 1. The lowest BCUT2D eigenvalue weighted by molar-refractivity contribution is -0.00833. The highest BCUT2D eigenvalue weighted by Crippen LogP contribution is 2.25. The molecule has 5 nitrogen and oxygen atoms in total. The zero-order valence-corrected chi connectivity index (χ0v) is 16.6. The Kier molecular flexibility index (Phi) is 6.92. The van der Waals surface area contributed by atoms with Crippen molar-refractivity contribution in [2.45, 2.75) is 32.3 Å². The van der Waals surface area contributed by atoms with E-state index in [-0.39, 0.29) is 6.10 Å². The molecule has 0 aromatic heterocycles. The van der Waals surface area contributed by atoms with Gasteiger partial charge >= 0.3 is 0 Å². The van der Waals surface area contributed by atoms with Crippen LogP contribution in [0, 0.1) is 12.8 Å². The molecule has 2 aliphatic rings. The number of ether oxygens (including phenoxy) is 1. The molecule has 3 rings (SSSR count). The third kappa shape index (κ3) is 4.98. The maximum atomic E-state index is 6.05. The van der Waals surface area contributed by atoms with Crippen LogP contribution in [0.5, 0.6) is 0 Å². The van der Waals surface area contributed by atoms with Crippen LogP contribution in [-0.4, -0.2) is 69.2 Å². The van der Waals surface area contributed by atoms with Crippen molar-refractivity contribution in [3.63, 3.8) is 0 Å². The van der Waals surface area contributed by atoms with Crippen LogP contribution < -0.4 is 5.32 Å². The smallest absolute Gasteiger partial charge is 0.193 e. The number of aryl methyl sites for hydroxylation is 1. The second kappa shape index (κ2) is 9.38. The van der Waals surface area contributed by atoms with Gasteiger partial charge in [-0.1, -0.05) is 24.3 Å². The predicted molar refractivity (Wildman–Crippen MR) is 108 cm³/mol. The van der Waals surface area contributed by atoms with E-state index in [1.165, 1.54) is 43.5 Å².